The molecule has 0 aliphatic heterocycles. The Bertz CT molecular complexity index is 475. The lowest BCUT2D eigenvalue weighted by atomic mass is 9.79. The van der Waals surface area contributed by atoms with E-state index in [2.05, 4.69) is 55.6 Å². The molecule has 2 heteroatoms. The summed E-state index contributed by atoms with van der Waals surface area (Å²) in [4.78, 5) is 1.32. The van der Waals surface area contributed by atoms with Gasteiger partial charge in [0.2, 0.25) is 0 Å². The zero-order valence-electron chi connectivity index (χ0n) is 10.3. The van der Waals surface area contributed by atoms with Crippen LogP contribution >= 0.6 is 11.3 Å². The second-order valence-electron chi connectivity index (χ2n) is 4.84. The number of thiophene rings is 1. The molecule has 0 fully saturated rings. The Morgan fingerprint density at radius 2 is 2.06 bits per heavy atom. The molecule has 1 atom stereocenters. The van der Waals surface area contributed by atoms with Crippen molar-refractivity contribution in [3.05, 3.63) is 57.8 Å². The van der Waals surface area contributed by atoms with Crippen LogP contribution in [0.5, 0.6) is 0 Å². The van der Waals surface area contributed by atoms with Crippen LogP contribution in [0.3, 0.4) is 0 Å². The van der Waals surface area contributed by atoms with Gasteiger partial charge in [-0.1, -0.05) is 42.8 Å². The van der Waals surface area contributed by atoms with Gasteiger partial charge in [-0.15, -0.1) is 11.3 Å². The van der Waals surface area contributed by atoms with E-state index in [1.807, 2.05) is 0 Å². The molecule has 0 aliphatic rings. The van der Waals surface area contributed by atoms with E-state index in [0.717, 1.165) is 6.42 Å². The highest BCUT2D eigenvalue weighted by atomic mass is 32.1. The van der Waals surface area contributed by atoms with Crippen molar-refractivity contribution in [2.75, 3.05) is 6.61 Å². The predicted octanol–water partition coefficient (Wildman–Crippen LogP) is 3.55. The lowest BCUT2D eigenvalue weighted by Gasteiger charge is -2.27. The molecule has 0 saturated heterocycles. The third kappa shape index (κ3) is 2.76. The van der Waals surface area contributed by atoms with Gasteiger partial charge in [-0.2, -0.15) is 0 Å². The van der Waals surface area contributed by atoms with Crippen LogP contribution in [0.15, 0.2) is 41.8 Å². The Labute approximate surface area is 107 Å². The molecule has 0 bridgehead atoms. The molecule has 17 heavy (non-hydrogen) atoms. The van der Waals surface area contributed by atoms with Gasteiger partial charge < -0.3 is 5.11 Å². The van der Waals surface area contributed by atoms with Crippen molar-refractivity contribution in [1.82, 2.24) is 0 Å². The summed E-state index contributed by atoms with van der Waals surface area (Å²) in [6.07, 6.45) is 0.893. The fourth-order valence-electron chi connectivity index (χ4n) is 2.07. The largest absolute Gasteiger partial charge is 0.395 e. The summed E-state index contributed by atoms with van der Waals surface area (Å²) in [7, 11) is 0. The third-order valence-corrected chi connectivity index (χ3v) is 4.08. The molecule has 0 saturated carbocycles. The molecule has 0 aliphatic carbocycles. The van der Waals surface area contributed by atoms with Gasteiger partial charge >= 0.3 is 0 Å². The van der Waals surface area contributed by atoms with E-state index in [1.54, 1.807) is 11.3 Å². The lowest BCUT2D eigenvalue weighted by Crippen LogP contribution is -2.29. The molecule has 90 valence electrons. The first-order chi connectivity index (χ1) is 8.14. The number of aliphatic hydroxyl groups excluding tert-OH is 1. The molecule has 1 aromatic heterocycles. The standard InChI is InChI=1S/C15H18OS/c1-12-5-3-6-13(9-12)15(2,11-16)10-14-7-4-8-17-14/h3-9,16H,10-11H2,1-2H3. The van der Waals surface area contributed by atoms with E-state index >= 15 is 0 Å². The summed E-state index contributed by atoms with van der Waals surface area (Å²) in [5.74, 6) is 0. The number of aliphatic hydroxyl groups is 1. The van der Waals surface area contributed by atoms with Crippen LogP contribution in [-0.4, -0.2) is 11.7 Å². The van der Waals surface area contributed by atoms with Gasteiger partial charge in [0.25, 0.3) is 0 Å². The second-order valence-corrected chi connectivity index (χ2v) is 5.88. The van der Waals surface area contributed by atoms with Crippen molar-refractivity contribution in [3.63, 3.8) is 0 Å². The number of hydrogen-bond donors (Lipinski definition) is 1. The quantitative estimate of drug-likeness (QED) is 0.874. The van der Waals surface area contributed by atoms with Gasteiger partial charge in [0.05, 0.1) is 6.61 Å². The van der Waals surface area contributed by atoms with Gasteiger partial charge in [-0.25, -0.2) is 0 Å². The van der Waals surface area contributed by atoms with E-state index in [1.165, 1.54) is 16.0 Å². The Hall–Kier alpha value is -1.12. The van der Waals surface area contributed by atoms with Gasteiger partial charge in [-0.3, -0.25) is 0 Å². The first-order valence-corrected chi connectivity index (χ1v) is 6.72. The summed E-state index contributed by atoms with van der Waals surface area (Å²) < 4.78 is 0. The van der Waals surface area contributed by atoms with E-state index < -0.39 is 0 Å². The van der Waals surface area contributed by atoms with Crippen molar-refractivity contribution in [2.45, 2.75) is 25.7 Å². The first kappa shape index (κ1) is 12.3. The maximum Gasteiger partial charge on any atom is 0.0528 e. The van der Waals surface area contributed by atoms with Gasteiger partial charge in [0, 0.05) is 10.3 Å². The maximum absolute atomic E-state index is 9.73. The molecule has 0 radical (unpaired) electrons. The molecular formula is C15H18OS. The first-order valence-electron chi connectivity index (χ1n) is 5.84. The van der Waals surface area contributed by atoms with E-state index in [9.17, 15) is 5.11 Å². The second kappa shape index (κ2) is 5.03. The van der Waals surface area contributed by atoms with E-state index in [4.69, 9.17) is 0 Å². The predicted molar refractivity (Wildman–Crippen MR) is 73.6 cm³/mol. The zero-order valence-corrected chi connectivity index (χ0v) is 11.1. The van der Waals surface area contributed by atoms with Gasteiger partial charge in [0.1, 0.15) is 0 Å². The number of benzene rings is 1. The molecule has 1 heterocycles. The summed E-state index contributed by atoms with van der Waals surface area (Å²) in [5.41, 5.74) is 2.28. The highest BCUT2D eigenvalue weighted by Crippen LogP contribution is 2.29. The van der Waals surface area contributed by atoms with Crippen LogP contribution in [0.2, 0.25) is 0 Å². The van der Waals surface area contributed by atoms with Crippen LogP contribution in [0.1, 0.15) is 22.9 Å². The molecular weight excluding hydrogens is 228 g/mol. The zero-order chi connectivity index (χ0) is 12.3. The number of hydrogen-bond acceptors (Lipinski definition) is 2. The van der Waals surface area contributed by atoms with Crippen molar-refractivity contribution in [2.24, 2.45) is 0 Å². The lowest BCUT2D eigenvalue weighted by molar-refractivity contribution is 0.205. The summed E-state index contributed by atoms with van der Waals surface area (Å²) >= 11 is 1.75. The SMILES string of the molecule is Cc1cccc(C(C)(CO)Cc2cccs2)c1. The average Bonchev–Trinajstić information content (AvgIpc) is 2.81. The third-order valence-electron chi connectivity index (χ3n) is 3.21. The van der Waals surface area contributed by atoms with E-state index in [0.29, 0.717) is 0 Å². The highest BCUT2D eigenvalue weighted by molar-refractivity contribution is 7.09. The van der Waals surface area contributed by atoms with Crippen LogP contribution < -0.4 is 0 Å². The Morgan fingerprint density at radius 3 is 2.65 bits per heavy atom. The Balaban J connectivity index is 2.30. The minimum absolute atomic E-state index is 0.175. The maximum atomic E-state index is 9.73. The monoisotopic (exact) mass is 246 g/mol. The Kier molecular flexibility index (Phi) is 3.65. The highest BCUT2D eigenvalue weighted by Gasteiger charge is 2.26. The number of aryl methyl sites for hydroxylation is 1. The smallest absolute Gasteiger partial charge is 0.0528 e. The van der Waals surface area contributed by atoms with Crippen molar-refractivity contribution >= 4 is 11.3 Å². The van der Waals surface area contributed by atoms with Crippen LogP contribution in [0.25, 0.3) is 0 Å². The minimum Gasteiger partial charge on any atom is -0.395 e. The molecule has 1 N–H and O–H groups in total. The van der Waals surface area contributed by atoms with Gasteiger partial charge in [-0.05, 0) is 30.4 Å². The fraction of sp³-hybridized carbons (Fsp3) is 0.333. The van der Waals surface area contributed by atoms with Gasteiger partial charge in [0.15, 0.2) is 0 Å². The van der Waals surface area contributed by atoms with Crippen LogP contribution in [-0.2, 0) is 11.8 Å². The summed E-state index contributed by atoms with van der Waals surface area (Å²) in [5, 5.41) is 11.8. The fourth-order valence-corrected chi connectivity index (χ4v) is 2.96. The van der Waals surface area contributed by atoms with Crippen molar-refractivity contribution in [3.8, 4) is 0 Å². The Morgan fingerprint density at radius 1 is 1.24 bits per heavy atom. The molecule has 0 spiro atoms. The van der Waals surface area contributed by atoms with Crippen molar-refractivity contribution < 1.29 is 5.11 Å². The molecule has 2 rings (SSSR count). The topological polar surface area (TPSA) is 20.2 Å². The summed E-state index contributed by atoms with van der Waals surface area (Å²) in [6.45, 7) is 4.39. The average molecular weight is 246 g/mol. The van der Waals surface area contributed by atoms with Crippen LogP contribution in [0.4, 0.5) is 0 Å². The molecule has 2 aromatic rings. The van der Waals surface area contributed by atoms with Crippen LogP contribution in [0, 0.1) is 6.92 Å². The number of rotatable bonds is 4. The normalized spacial score (nSPS) is 14.5. The molecule has 0 amide bonds. The van der Waals surface area contributed by atoms with E-state index in [-0.39, 0.29) is 12.0 Å². The molecule has 1 nitrogen and oxygen atoms in total. The molecule has 1 unspecified atom stereocenters. The summed E-state index contributed by atoms with van der Waals surface area (Å²) in [6, 6.07) is 12.6. The van der Waals surface area contributed by atoms with Crippen molar-refractivity contribution in [1.29, 1.82) is 0 Å². The molecule has 1 aromatic carbocycles. The minimum atomic E-state index is -0.184.